The second kappa shape index (κ2) is 5.93. The second-order valence-electron chi connectivity index (χ2n) is 7.57. The SMILES string of the molecule is O=C1C2C3CC(c4ccccc4)C(C3)C2C(=O)N1c1ccc(Br)cc1Cl. The lowest BCUT2D eigenvalue weighted by molar-refractivity contribution is -0.123. The van der Waals surface area contributed by atoms with Crippen molar-refractivity contribution in [2.75, 3.05) is 4.90 Å². The van der Waals surface area contributed by atoms with E-state index < -0.39 is 0 Å². The zero-order valence-electron chi connectivity index (χ0n) is 13.9. The Morgan fingerprint density at radius 3 is 2.42 bits per heavy atom. The Balaban J connectivity index is 1.51. The van der Waals surface area contributed by atoms with Gasteiger partial charge >= 0.3 is 0 Å². The van der Waals surface area contributed by atoms with Crippen LogP contribution < -0.4 is 4.90 Å². The van der Waals surface area contributed by atoms with Crippen molar-refractivity contribution in [1.82, 2.24) is 0 Å². The van der Waals surface area contributed by atoms with Crippen molar-refractivity contribution in [1.29, 1.82) is 0 Å². The second-order valence-corrected chi connectivity index (χ2v) is 8.89. The van der Waals surface area contributed by atoms with Gasteiger partial charge < -0.3 is 0 Å². The van der Waals surface area contributed by atoms with Crippen molar-refractivity contribution in [2.45, 2.75) is 18.8 Å². The number of carbonyl (C=O) groups excluding carboxylic acids is 2. The Labute approximate surface area is 165 Å². The summed E-state index contributed by atoms with van der Waals surface area (Å²) in [5, 5.41) is 0.424. The van der Waals surface area contributed by atoms with E-state index in [4.69, 9.17) is 11.6 Å². The van der Waals surface area contributed by atoms with Crippen LogP contribution in [0.2, 0.25) is 5.02 Å². The van der Waals surface area contributed by atoms with Gasteiger partial charge in [-0.3, -0.25) is 9.59 Å². The Bertz CT molecular complexity index is 915. The standard InChI is InChI=1S/C21H17BrClNO2/c22-13-6-7-17(16(23)10-13)24-20(25)18-12-8-14(11-4-2-1-3-5-11)15(9-12)19(18)21(24)26/h1-7,10,12,14-15,18-19H,8-9H2. The highest BCUT2D eigenvalue weighted by molar-refractivity contribution is 9.10. The molecule has 2 aliphatic carbocycles. The fourth-order valence-electron chi connectivity index (χ4n) is 5.44. The third-order valence-electron chi connectivity index (χ3n) is 6.39. The Morgan fingerprint density at radius 1 is 0.962 bits per heavy atom. The average molecular weight is 431 g/mol. The third kappa shape index (κ3) is 2.25. The lowest BCUT2D eigenvalue weighted by atomic mass is 9.73. The molecule has 5 unspecified atom stereocenters. The van der Waals surface area contributed by atoms with E-state index in [-0.39, 0.29) is 29.6 Å². The summed E-state index contributed by atoms with van der Waals surface area (Å²) >= 11 is 9.71. The van der Waals surface area contributed by atoms with E-state index in [0.29, 0.717) is 22.5 Å². The minimum Gasteiger partial charge on any atom is -0.274 e. The normalized spacial score (nSPS) is 32.4. The van der Waals surface area contributed by atoms with Crippen LogP contribution in [0.1, 0.15) is 24.3 Å². The van der Waals surface area contributed by atoms with Gasteiger partial charge in [0, 0.05) is 4.47 Å². The first-order chi connectivity index (χ1) is 12.6. The first-order valence-electron chi connectivity index (χ1n) is 8.94. The van der Waals surface area contributed by atoms with Crippen LogP contribution in [-0.4, -0.2) is 11.8 Å². The first kappa shape index (κ1) is 16.5. The molecule has 2 amide bonds. The Kier molecular flexibility index (Phi) is 3.77. The van der Waals surface area contributed by atoms with E-state index in [9.17, 15) is 9.59 Å². The molecule has 2 aromatic rings. The number of anilines is 1. The summed E-state index contributed by atoms with van der Waals surface area (Å²) in [5.41, 5.74) is 1.80. The predicted molar refractivity (Wildman–Crippen MR) is 104 cm³/mol. The summed E-state index contributed by atoms with van der Waals surface area (Å²) in [6.07, 6.45) is 1.98. The number of rotatable bonds is 2. The summed E-state index contributed by atoms with van der Waals surface area (Å²) in [6.45, 7) is 0. The number of nitrogens with zero attached hydrogens (tertiary/aromatic N) is 1. The Hall–Kier alpha value is -1.65. The van der Waals surface area contributed by atoms with Crippen LogP contribution in [0.5, 0.6) is 0 Å². The molecular formula is C21H17BrClNO2. The molecule has 132 valence electrons. The van der Waals surface area contributed by atoms with E-state index in [1.807, 2.05) is 24.3 Å². The molecule has 0 aromatic heterocycles. The fraction of sp³-hybridized carbons (Fsp3) is 0.333. The van der Waals surface area contributed by atoms with Gasteiger partial charge in [-0.25, -0.2) is 4.90 Å². The van der Waals surface area contributed by atoms with E-state index >= 15 is 0 Å². The topological polar surface area (TPSA) is 37.4 Å². The lowest BCUT2D eigenvalue weighted by Gasteiger charge is -2.28. The maximum Gasteiger partial charge on any atom is 0.238 e. The van der Waals surface area contributed by atoms with Gasteiger partial charge in [0.1, 0.15) is 0 Å². The molecule has 5 heteroatoms. The highest BCUT2D eigenvalue weighted by Crippen LogP contribution is 2.62. The number of carbonyl (C=O) groups is 2. The number of halogens is 2. The van der Waals surface area contributed by atoms with Gasteiger partial charge in [-0.15, -0.1) is 0 Å². The molecule has 3 aliphatic rings. The van der Waals surface area contributed by atoms with Gasteiger partial charge in [0.2, 0.25) is 11.8 Å². The molecule has 0 spiro atoms. The van der Waals surface area contributed by atoms with Crippen LogP contribution >= 0.6 is 27.5 Å². The van der Waals surface area contributed by atoms with Crippen molar-refractivity contribution >= 4 is 45.0 Å². The van der Waals surface area contributed by atoms with Crippen LogP contribution in [-0.2, 0) is 9.59 Å². The summed E-state index contributed by atoms with van der Waals surface area (Å²) in [7, 11) is 0. The van der Waals surface area contributed by atoms with Gasteiger partial charge in [0.15, 0.2) is 0 Å². The number of amides is 2. The van der Waals surface area contributed by atoms with Gasteiger partial charge in [0.25, 0.3) is 0 Å². The van der Waals surface area contributed by atoms with Gasteiger partial charge in [0.05, 0.1) is 22.5 Å². The van der Waals surface area contributed by atoms with Crippen LogP contribution in [0.15, 0.2) is 53.0 Å². The van der Waals surface area contributed by atoms with E-state index in [1.165, 1.54) is 10.5 Å². The van der Waals surface area contributed by atoms with Gasteiger partial charge in [-0.05, 0) is 54.4 Å². The van der Waals surface area contributed by atoms with Crippen LogP contribution in [0.3, 0.4) is 0 Å². The molecule has 3 nitrogen and oxygen atoms in total. The third-order valence-corrected chi connectivity index (χ3v) is 7.19. The molecule has 26 heavy (non-hydrogen) atoms. The van der Waals surface area contributed by atoms with Crippen molar-refractivity contribution in [2.24, 2.45) is 23.7 Å². The number of fused-ring (bicyclic) bond motifs is 5. The number of hydrogen-bond donors (Lipinski definition) is 0. The minimum absolute atomic E-state index is 0.0664. The predicted octanol–water partition coefficient (Wildman–Crippen LogP) is 5.03. The van der Waals surface area contributed by atoms with Gasteiger partial charge in [-0.2, -0.15) is 0 Å². The first-order valence-corrected chi connectivity index (χ1v) is 10.1. The molecule has 1 heterocycles. The zero-order chi connectivity index (χ0) is 18.0. The number of hydrogen-bond acceptors (Lipinski definition) is 2. The van der Waals surface area contributed by atoms with Crippen molar-refractivity contribution in [3.63, 3.8) is 0 Å². The molecule has 0 N–H and O–H groups in total. The van der Waals surface area contributed by atoms with Crippen LogP contribution in [0.4, 0.5) is 5.69 Å². The van der Waals surface area contributed by atoms with Crippen molar-refractivity contribution in [3.8, 4) is 0 Å². The smallest absolute Gasteiger partial charge is 0.238 e. The fourth-order valence-corrected chi connectivity index (χ4v) is 6.20. The molecule has 5 atom stereocenters. The molecule has 2 aromatic carbocycles. The highest BCUT2D eigenvalue weighted by atomic mass is 79.9. The highest BCUT2D eigenvalue weighted by Gasteiger charge is 2.64. The molecule has 5 rings (SSSR count). The largest absolute Gasteiger partial charge is 0.274 e. The quantitative estimate of drug-likeness (QED) is 0.627. The maximum absolute atomic E-state index is 13.2. The number of imide groups is 1. The van der Waals surface area contributed by atoms with Crippen molar-refractivity contribution < 1.29 is 9.59 Å². The maximum atomic E-state index is 13.2. The van der Waals surface area contributed by atoms with E-state index in [1.54, 1.807) is 12.1 Å². The molecule has 0 radical (unpaired) electrons. The summed E-state index contributed by atoms with van der Waals surface area (Å²) in [5.74, 6) is 0.410. The van der Waals surface area contributed by atoms with E-state index in [0.717, 1.165) is 17.3 Å². The van der Waals surface area contributed by atoms with Crippen molar-refractivity contribution in [3.05, 3.63) is 63.6 Å². The zero-order valence-corrected chi connectivity index (χ0v) is 16.3. The molecule has 3 fully saturated rings. The van der Waals surface area contributed by atoms with Gasteiger partial charge in [-0.1, -0.05) is 57.9 Å². The average Bonchev–Trinajstić information content (AvgIpc) is 3.29. The molecule has 1 saturated heterocycles. The van der Waals surface area contributed by atoms with E-state index in [2.05, 4.69) is 28.1 Å². The number of benzene rings is 2. The molecule has 2 bridgehead atoms. The molecular weight excluding hydrogens is 414 g/mol. The van der Waals surface area contributed by atoms with Crippen LogP contribution in [0, 0.1) is 23.7 Å². The monoisotopic (exact) mass is 429 g/mol. The summed E-state index contributed by atoms with van der Waals surface area (Å²) in [4.78, 5) is 27.7. The summed E-state index contributed by atoms with van der Waals surface area (Å²) < 4.78 is 0.828. The Morgan fingerprint density at radius 2 is 1.69 bits per heavy atom. The van der Waals surface area contributed by atoms with Crippen LogP contribution in [0.25, 0.3) is 0 Å². The molecule has 2 saturated carbocycles. The summed E-state index contributed by atoms with van der Waals surface area (Å²) in [6, 6.07) is 15.7. The molecule has 1 aliphatic heterocycles. The minimum atomic E-state index is -0.203. The lowest BCUT2D eigenvalue weighted by Crippen LogP contribution is -2.33.